The highest BCUT2D eigenvalue weighted by Gasteiger charge is 2.19. The minimum Gasteiger partial charge on any atom is -0.480 e. The van der Waals surface area contributed by atoms with Crippen LogP contribution in [0.4, 0.5) is 4.39 Å². The van der Waals surface area contributed by atoms with Gasteiger partial charge in [0.05, 0.1) is 0 Å². The largest absolute Gasteiger partial charge is 0.480 e. The maximum atomic E-state index is 13.2. The van der Waals surface area contributed by atoms with Crippen LogP contribution >= 0.6 is 11.3 Å². The highest BCUT2D eigenvalue weighted by molar-refractivity contribution is 7.09. The summed E-state index contributed by atoms with van der Waals surface area (Å²) in [4.78, 5) is 12.4. The summed E-state index contributed by atoms with van der Waals surface area (Å²) in [6, 6.07) is 7.39. The quantitative estimate of drug-likeness (QED) is 0.884. The number of carbonyl (C=O) groups is 1. The van der Waals surface area contributed by atoms with Gasteiger partial charge in [-0.2, -0.15) is 0 Å². The van der Waals surface area contributed by atoms with Crippen molar-refractivity contribution in [3.8, 4) is 0 Å². The number of rotatable bonds is 5. The van der Waals surface area contributed by atoms with E-state index < -0.39 is 12.0 Å². The lowest BCUT2D eigenvalue weighted by molar-refractivity contribution is -0.139. The second kappa shape index (κ2) is 5.95. The number of benzene rings is 1. The number of thiophene rings is 1. The van der Waals surface area contributed by atoms with Gasteiger partial charge in [0, 0.05) is 11.4 Å². The molecular weight excluding hydrogens is 265 g/mol. The van der Waals surface area contributed by atoms with E-state index in [1.807, 2.05) is 17.5 Å². The van der Waals surface area contributed by atoms with Crippen LogP contribution < -0.4 is 5.32 Å². The Labute approximate surface area is 114 Å². The summed E-state index contributed by atoms with van der Waals surface area (Å²) in [5, 5.41) is 14.2. The summed E-state index contributed by atoms with van der Waals surface area (Å²) in [6.45, 7) is 2.10. The van der Waals surface area contributed by atoms with E-state index in [0.29, 0.717) is 17.7 Å². The maximum absolute atomic E-state index is 13.2. The third-order valence-electron chi connectivity index (χ3n) is 2.82. The van der Waals surface area contributed by atoms with Crippen LogP contribution in [0.1, 0.15) is 22.0 Å². The SMILES string of the molecule is Cc1cc(C(NCc2cccs2)C(=O)O)ccc1F. The number of aliphatic carboxylic acids is 1. The molecule has 0 fully saturated rings. The summed E-state index contributed by atoms with van der Waals surface area (Å²) >= 11 is 1.56. The van der Waals surface area contributed by atoms with E-state index in [4.69, 9.17) is 0 Å². The van der Waals surface area contributed by atoms with Gasteiger partial charge in [0.1, 0.15) is 11.9 Å². The van der Waals surface area contributed by atoms with E-state index in [1.54, 1.807) is 24.3 Å². The zero-order valence-electron chi connectivity index (χ0n) is 10.4. The van der Waals surface area contributed by atoms with Crippen LogP contribution in [0.5, 0.6) is 0 Å². The monoisotopic (exact) mass is 279 g/mol. The van der Waals surface area contributed by atoms with Crippen LogP contribution in [0.2, 0.25) is 0 Å². The Hall–Kier alpha value is -1.72. The topological polar surface area (TPSA) is 49.3 Å². The molecule has 0 saturated carbocycles. The average Bonchev–Trinajstić information content (AvgIpc) is 2.86. The minimum absolute atomic E-state index is 0.328. The Morgan fingerprint density at radius 2 is 2.26 bits per heavy atom. The van der Waals surface area contributed by atoms with Gasteiger partial charge in [0.15, 0.2) is 0 Å². The van der Waals surface area contributed by atoms with Gasteiger partial charge in [-0.25, -0.2) is 4.39 Å². The lowest BCUT2D eigenvalue weighted by Gasteiger charge is -2.15. The van der Waals surface area contributed by atoms with Crippen LogP contribution in [-0.2, 0) is 11.3 Å². The van der Waals surface area contributed by atoms with Crippen molar-refractivity contribution >= 4 is 17.3 Å². The van der Waals surface area contributed by atoms with Crippen LogP contribution in [-0.4, -0.2) is 11.1 Å². The van der Waals surface area contributed by atoms with Crippen molar-refractivity contribution in [1.82, 2.24) is 5.32 Å². The minimum atomic E-state index is -0.970. The molecule has 5 heteroatoms. The van der Waals surface area contributed by atoms with Gasteiger partial charge in [-0.3, -0.25) is 10.1 Å². The fourth-order valence-corrected chi connectivity index (χ4v) is 2.47. The zero-order chi connectivity index (χ0) is 13.8. The molecule has 1 atom stereocenters. The molecule has 19 heavy (non-hydrogen) atoms. The first-order chi connectivity index (χ1) is 9.08. The molecule has 0 aliphatic rings. The number of carboxylic acids is 1. The third-order valence-corrected chi connectivity index (χ3v) is 3.70. The maximum Gasteiger partial charge on any atom is 0.325 e. The predicted molar refractivity (Wildman–Crippen MR) is 72.7 cm³/mol. The molecule has 1 heterocycles. The predicted octanol–water partition coefficient (Wildman–Crippen LogP) is 3.11. The molecular formula is C14H14FNO2S. The first-order valence-corrected chi connectivity index (χ1v) is 6.70. The van der Waals surface area contributed by atoms with E-state index in [-0.39, 0.29) is 5.82 Å². The van der Waals surface area contributed by atoms with Crippen molar-refractivity contribution in [3.63, 3.8) is 0 Å². The highest BCUT2D eigenvalue weighted by Crippen LogP contribution is 2.18. The van der Waals surface area contributed by atoms with Gasteiger partial charge >= 0.3 is 5.97 Å². The van der Waals surface area contributed by atoms with Gasteiger partial charge in [-0.1, -0.05) is 18.2 Å². The molecule has 0 amide bonds. The molecule has 0 aliphatic heterocycles. The molecule has 0 radical (unpaired) electrons. The molecule has 3 nitrogen and oxygen atoms in total. The summed E-state index contributed by atoms with van der Waals surface area (Å²) in [5.41, 5.74) is 1.00. The summed E-state index contributed by atoms with van der Waals surface area (Å²) < 4.78 is 13.2. The van der Waals surface area contributed by atoms with Crippen molar-refractivity contribution in [1.29, 1.82) is 0 Å². The molecule has 1 unspecified atom stereocenters. The van der Waals surface area contributed by atoms with E-state index in [2.05, 4.69) is 5.32 Å². The normalized spacial score (nSPS) is 12.3. The number of hydrogen-bond donors (Lipinski definition) is 2. The number of aryl methyl sites for hydroxylation is 1. The van der Waals surface area contributed by atoms with E-state index in [0.717, 1.165) is 4.88 Å². The van der Waals surface area contributed by atoms with Crippen molar-refractivity contribution in [2.45, 2.75) is 19.5 Å². The fraction of sp³-hybridized carbons (Fsp3) is 0.214. The molecule has 1 aromatic heterocycles. The van der Waals surface area contributed by atoms with Crippen LogP contribution in [0.25, 0.3) is 0 Å². The van der Waals surface area contributed by atoms with Crippen molar-refractivity contribution < 1.29 is 14.3 Å². The lowest BCUT2D eigenvalue weighted by atomic mass is 10.0. The summed E-state index contributed by atoms with van der Waals surface area (Å²) in [7, 11) is 0. The molecule has 0 saturated heterocycles. The summed E-state index contributed by atoms with van der Waals surface area (Å²) in [6.07, 6.45) is 0. The molecule has 1 aromatic carbocycles. The van der Waals surface area contributed by atoms with Gasteiger partial charge in [0.25, 0.3) is 0 Å². The Balaban J connectivity index is 2.15. The van der Waals surface area contributed by atoms with Gasteiger partial charge in [-0.15, -0.1) is 11.3 Å². The second-order valence-electron chi connectivity index (χ2n) is 4.24. The Kier molecular flexibility index (Phi) is 4.29. The van der Waals surface area contributed by atoms with Crippen LogP contribution in [0.15, 0.2) is 35.7 Å². The molecule has 100 valence electrons. The standard InChI is InChI=1S/C14H14FNO2S/c1-9-7-10(4-5-12(9)15)13(14(17)18)16-8-11-3-2-6-19-11/h2-7,13,16H,8H2,1H3,(H,17,18). The van der Waals surface area contributed by atoms with Gasteiger partial charge in [-0.05, 0) is 35.6 Å². The van der Waals surface area contributed by atoms with Crippen LogP contribution in [0, 0.1) is 12.7 Å². The van der Waals surface area contributed by atoms with E-state index >= 15 is 0 Å². The van der Waals surface area contributed by atoms with Crippen molar-refractivity contribution in [3.05, 3.63) is 57.5 Å². The third kappa shape index (κ3) is 3.39. The Bertz CT molecular complexity index is 569. The van der Waals surface area contributed by atoms with E-state index in [9.17, 15) is 14.3 Å². The number of hydrogen-bond acceptors (Lipinski definition) is 3. The average molecular weight is 279 g/mol. The highest BCUT2D eigenvalue weighted by atomic mass is 32.1. The van der Waals surface area contributed by atoms with Gasteiger partial charge < -0.3 is 5.11 Å². The summed E-state index contributed by atoms with van der Waals surface area (Å²) in [5.74, 6) is -1.30. The van der Waals surface area contributed by atoms with E-state index in [1.165, 1.54) is 12.1 Å². The number of carboxylic acid groups (broad SMARTS) is 1. The molecule has 2 aromatic rings. The molecule has 0 spiro atoms. The first-order valence-electron chi connectivity index (χ1n) is 5.82. The van der Waals surface area contributed by atoms with Crippen molar-refractivity contribution in [2.24, 2.45) is 0 Å². The zero-order valence-corrected chi connectivity index (χ0v) is 11.2. The molecule has 0 bridgehead atoms. The first kappa shape index (κ1) is 13.7. The molecule has 2 N–H and O–H groups in total. The second-order valence-corrected chi connectivity index (χ2v) is 5.27. The number of halogens is 1. The Morgan fingerprint density at radius 1 is 1.47 bits per heavy atom. The Morgan fingerprint density at radius 3 is 2.84 bits per heavy atom. The van der Waals surface area contributed by atoms with Crippen molar-refractivity contribution in [2.75, 3.05) is 0 Å². The molecule has 0 aliphatic carbocycles. The molecule has 2 rings (SSSR count). The van der Waals surface area contributed by atoms with Gasteiger partial charge in [0.2, 0.25) is 0 Å². The number of nitrogens with one attached hydrogen (secondary N) is 1. The fourth-order valence-electron chi connectivity index (χ4n) is 1.81. The smallest absolute Gasteiger partial charge is 0.325 e. The lowest BCUT2D eigenvalue weighted by Crippen LogP contribution is -2.27. The van der Waals surface area contributed by atoms with Crippen LogP contribution in [0.3, 0.4) is 0 Å².